The topological polar surface area (TPSA) is 89.4 Å². The van der Waals surface area contributed by atoms with Crippen LogP contribution in [0.4, 0.5) is 0 Å². The second-order valence-electron chi connectivity index (χ2n) is 4.79. The first-order chi connectivity index (χ1) is 9.13. The first-order valence-corrected chi connectivity index (χ1v) is 6.53. The zero-order valence-electron chi connectivity index (χ0n) is 10.8. The predicted octanol–water partition coefficient (Wildman–Crippen LogP) is 0.278. The lowest BCUT2D eigenvalue weighted by Gasteiger charge is -2.22. The van der Waals surface area contributed by atoms with Gasteiger partial charge in [0.25, 0.3) is 5.91 Å². The molecule has 1 heterocycles. The van der Waals surface area contributed by atoms with E-state index < -0.39 is 11.9 Å². The van der Waals surface area contributed by atoms with Crippen molar-refractivity contribution in [2.24, 2.45) is 11.5 Å². The molecule has 0 bridgehead atoms. The van der Waals surface area contributed by atoms with E-state index in [4.69, 9.17) is 11.5 Å². The summed E-state index contributed by atoms with van der Waals surface area (Å²) in [7, 11) is 0. The van der Waals surface area contributed by atoms with E-state index in [0.29, 0.717) is 25.1 Å². The number of hydrogen-bond acceptors (Lipinski definition) is 3. The Morgan fingerprint density at radius 3 is 2.53 bits per heavy atom. The highest BCUT2D eigenvalue weighted by atomic mass is 16.2. The molecule has 19 heavy (non-hydrogen) atoms. The summed E-state index contributed by atoms with van der Waals surface area (Å²) in [6.45, 7) is 1.18. The van der Waals surface area contributed by atoms with Gasteiger partial charge in [-0.25, -0.2) is 0 Å². The summed E-state index contributed by atoms with van der Waals surface area (Å²) in [4.78, 5) is 25.2. The first kappa shape index (κ1) is 13.5. The molecule has 0 spiro atoms. The van der Waals surface area contributed by atoms with Crippen LogP contribution in [-0.2, 0) is 11.2 Å². The minimum Gasteiger partial charge on any atom is -0.368 e. The molecule has 0 saturated carbocycles. The molecule has 1 aromatic rings. The normalized spacial score (nSPS) is 18.6. The second kappa shape index (κ2) is 5.84. The van der Waals surface area contributed by atoms with E-state index in [9.17, 15) is 9.59 Å². The van der Waals surface area contributed by atoms with Crippen LogP contribution in [-0.4, -0.2) is 35.8 Å². The number of likely N-dealkylation sites (tertiary alicyclic amines) is 1. The smallest absolute Gasteiger partial charge is 0.254 e. The van der Waals surface area contributed by atoms with E-state index in [1.165, 1.54) is 0 Å². The third-order valence-corrected chi connectivity index (χ3v) is 3.48. The van der Waals surface area contributed by atoms with Crippen LogP contribution >= 0.6 is 0 Å². The lowest BCUT2D eigenvalue weighted by atomic mass is 10.1. The van der Waals surface area contributed by atoms with Gasteiger partial charge in [0.1, 0.15) is 6.04 Å². The fraction of sp³-hybridized carbons (Fsp3) is 0.429. The minimum absolute atomic E-state index is 0.124. The van der Waals surface area contributed by atoms with Crippen LogP contribution in [0.5, 0.6) is 0 Å². The molecule has 1 saturated heterocycles. The van der Waals surface area contributed by atoms with Crippen molar-refractivity contribution in [1.29, 1.82) is 0 Å². The highest BCUT2D eigenvalue weighted by molar-refractivity contribution is 5.97. The highest BCUT2D eigenvalue weighted by Crippen LogP contribution is 2.20. The number of nitrogens with zero attached hydrogens (tertiary/aromatic N) is 1. The zero-order valence-corrected chi connectivity index (χ0v) is 10.8. The maximum absolute atomic E-state index is 12.3. The monoisotopic (exact) mass is 261 g/mol. The SMILES string of the molecule is NCCc1ccc(C(=O)N2CCCC2C(N)=O)cc1. The van der Waals surface area contributed by atoms with E-state index in [1.54, 1.807) is 17.0 Å². The Balaban J connectivity index is 2.12. The molecule has 4 N–H and O–H groups in total. The molecule has 0 aliphatic carbocycles. The van der Waals surface area contributed by atoms with Crippen molar-refractivity contribution in [2.75, 3.05) is 13.1 Å². The molecular weight excluding hydrogens is 242 g/mol. The van der Waals surface area contributed by atoms with Gasteiger partial charge in [0.15, 0.2) is 0 Å². The number of amides is 2. The van der Waals surface area contributed by atoms with Crippen LogP contribution in [0.25, 0.3) is 0 Å². The highest BCUT2D eigenvalue weighted by Gasteiger charge is 2.32. The Morgan fingerprint density at radius 2 is 1.95 bits per heavy atom. The van der Waals surface area contributed by atoms with Gasteiger partial charge in [-0.15, -0.1) is 0 Å². The summed E-state index contributed by atoms with van der Waals surface area (Å²) in [5, 5.41) is 0. The fourth-order valence-electron chi connectivity index (χ4n) is 2.45. The zero-order chi connectivity index (χ0) is 13.8. The standard InChI is InChI=1S/C14H19N3O2/c15-8-7-10-3-5-11(6-4-10)14(19)17-9-1-2-12(17)13(16)18/h3-6,12H,1-2,7-9,15H2,(H2,16,18). The van der Waals surface area contributed by atoms with Gasteiger partial charge in [-0.3, -0.25) is 9.59 Å². The Kier molecular flexibility index (Phi) is 4.16. The minimum atomic E-state index is -0.462. The van der Waals surface area contributed by atoms with Gasteiger partial charge in [-0.1, -0.05) is 12.1 Å². The van der Waals surface area contributed by atoms with Gasteiger partial charge < -0.3 is 16.4 Å². The molecule has 1 atom stereocenters. The van der Waals surface area contributed by atoms with Crippen LogP contribution in [0.1, 0.15) is 28.8 Å². The van der Waals surface area contributed by atoms with Crippen molar-refractivity contribution in [3.8, 4) is 0 Å². The van der Waals surface area contributed by atoms with Crippen LogP contribution in [0.3, 0.4) is 0 Å². The van der Waals surface area contributed by atoms with Gasteiger partial charge in [-0.05, 0) is 43.5 Å². The number of nitrogens with two attached hydrogens (primary N) is 2. The molecule has 0 aromatic heterocycles. The molecule has 5 nitrogen and oxygen atoms in total. The molecule has 2 amide bonds. The van der Waals surface area contributed by atoms with E-state index in [0.717, 1.165) is 18.4 Å². The quantitative estimate of drug-likeness (QED) is 0.815. The van der Waals surface area contributed by atoms with Crippen molar-refractivity contribution in [1.82, 2.24) is 4.90 Å². The van der Waals surface area contributed by atoms with Gasteiger partial charge in [-0.2, -0.15) is 0 Å². The van der Waals surface area contributed by atoms with Crippen molar-refractivity contribution >= 4 is 11.8 Å². The third-order valence-electron chi connectivity index (χ3n) is 3.48. The Bertz CT molecular complexity index is 470. The lowest BCUT2D eigenvalue weighted by Crippen LogP contribution is -2.43. The summed E-state index contributed by atoms with van der Waals surface area (Å²) in [6, 6.07) is 6.90. The Labute approximate surface area is 112 Å². The van der Waals surface area contributed by atoms with E-state index in [-0.39, 0.29) is 5.91 Å². The van der Waals surface area contributed by atoms with Gasteiger partial charge in [0.2, 0.25) is 5.91 Å². The molecule has 1 aromatic carbocycles. The van der Waals surface area contributed by atoms with Gasteiger partial charge in [0.05, 0.1) is 0 Å². The summed E-state index contributed by atoms with van der Waals surface area (Å²) in [5.41, 5.74) is 12.5. The molecule has 2 rings (SSSR count). The molecule has 1 unspecified atom stereocenters. The van der Waals surface area contributed by atoms with Crippen LogP contribution < -0.4 is 11.5 Å². The molecule has 1 aliphatic rings. The maximum atomic E-state index is 12.3. The predicted molar refractivity (Wildman–Crippen MR) is 72.5 cm³/mol. The van der Waals surface area contributed by atoms with Crippen molar-refractivity contribution < 1.29 is 9.59 Å². The van der Waals surface area contributed by atoms with Crippen LogP contribution in [0.15, 0.2) is 24.3 Å². The third kappa shape index (κ3) is 2.93. The number of rotatable bonds is 4. The van der Waals surface area contributed by atoms with Crippen molar-refractivity contribution in [2.45, 2.75) is 25.3 Å². The Morgan fingerprint density at radius 1 is 1.26 bits per heavy atom. The van der Waals surface area contributed by atoms with Gasteiger partial charge >= 0.3 is 0 Å². The second-order valence-corrected chi connectivity index (χ2v) is 4.79. The molecule has 1 fully saturated rings. The van der Waals surface area contributed by atoms with Crippen molar-refractivity contribution in [3.05, 3.63) is 35.4 Å². The first-order valence-electron chi connectivity index (χ1n) is 6.53. The summed E-state index contributed by atoms with van der Waals surface area (Å²) in [5.74, 6) is -0.550. The lowest BCUT2D eigenvalue weighted by molar-refractivity contribution is -0.121. The number of carbonyl (C=O) groups is 2. The van der Waals surface area contributed by atoms with E-state index in [1.807, 2.05) is 12.1 Å². The maximum Gasteiger partial charge on any atom is 0.254 e. The number of benzene rings is 1. The van der Waals surface area contributed by atoms with Crippen LogP contribution in [0.2, 0.25) is 0 Å². The molecule has 102 valence electrons. The fourth-order valence-corrected chi connectivity index (χ4v) is 2.45. The van der Waals surface area contributed by atoms with E-state index in [2.05, 4.69) is 0 Å². The van der Waals surface area contributed by atoms with Crippen LogP contribution in [0, 0.1) is 0 Å². The summed E-state index contributed by atoms with van der Waals surface area (Å²) in [6.07, 6.45) is 2.28. The average molecular weight is 261 g/mol. The molecular formula is C14H19N3O2. The van der Waals surface area contributed by atoms with Crippen molar-refractivity contribution in [3.63, 3.8) is 0 Å². The molecule has 5 heteroatoms. The Hall–Kier alpha value is -1.88. The summed E-state index contributed by atoms with van der Waals surface area (Å²) < 4.78 is 0. The van der Waals surface area contributed by atoms with E-state index >= 15 is 0 Å². The average Bonchev–Trinajstić information content (AvgIpc) is 2.88. The largest absolute Gasteiger partial charge is 0.368 e. The number of carbonyl (C=O) groups excluding carboxylic acids is 2. The number of primary amides is 1. The molecule has 0 radical (unpaired) electrons. The van der Waals surface area contributed by atoms with Gasteiger partial charge in [0, 0.05) is 12.1 Å². The summed E-state index contributed by atoms with van der Waals surface area (Å²) >= 11 is 0. The number of hydrogen-bond donors (Lipinski definition) is 2. The molecule has 1 aliphatic heterocycles.